The fraction of sp³-hybridized carbons (Fsp3) is 0.462. The Morgan fingerprint density at radius 1 is 1.44 bits per heavy atom. The Morgan fingerprint density at radius 2 is 2.17 bits per heavy atom. The van der Waals surface area contributed by atoms with Crippen molar-refractivity contribution in [3.8, 4) is 0 Å². The first-order valence-electron chi connectivity index (χ1n) is 6.14. The number of aromatic nitrogens is 2. The minimum absolute atomic E-state index is 0.183. The molecule has 1 aliphatic heterocycles. The van der Waals surface area contributed by atoms with Gasteiger partial charge in [0, 0.05) is 18.5 Å². The van der Waals surface area contributed by atoms with Crippen LogP contribution in [0.25, 0.3) is 5.57 Å². The highest BCUT2D eigenvalue weighted by molar-refractivity contribution is 9.10. The molecule has 0 amide bonds. The van der Waals surface area contributed by atoms with E-state index < -0.39 is 0 Å². The predicted octanol–water partition coefficient (Wildman–Crippen LogP) is 3.52. The van der Waals surface area contributed by atoms with Crippen LogP contribution < -0.4 is 5.32 Å². The molecule has 3 rings (SSSR count). The first-order valence-corrected chi connectivity index (χ1v) is 7.31. The molecular formula is C13H15BrClN3. The highest BCUT2D eigenvalue weighted by Gasteiger charge is 2.31. The number of rotatable bonds is 2. The molecule has 0 spiro atoms. The van der Waals surface area contributed by atoms with Gasteiger partial charge in [-0.05, 0) is 41.8 Å². The van der Waals surface area contributed by atoms with Crippen LogP contribution in [-0.2, 0) is 7.05 Å². The lowest BCUT2D eigenvalue weighted by Gasteiger charge is -2.21. The molecular weight excluding hydrogens is 314 g/mol. The van der Waals surface area contributed by atoms with Crippen LogP contribution in [0.3, 0.4) is 0 Å². The van der Waals surface area contributed by atoms with E-state index >= 15 is 0 Å². The molecule has 0 bridgehead atoms. The molecule has 0 saturated heterocycles. The molecule has 1 aromatic rings. The summed E-state index contributed by atoms with van der Waals surface area (Å²) in [5.74, 6) is 1.70. The third kappa shape index (κ3) is 2.01. The molecule has 2 heterocycles. The molecule has 1 aromatic heterocycles. The molecule has 5 heteroatoms. The highest BCUT2D eigenvalue weighted by Crippen LogP contribution is 2.44. The zero-order chi connectivity index (χ0) is 12.9. The molecule has 1 aliphatic carbocycles. The minimum Gasteiger partial charge on any atom is -0.369 e. The zero-order valence-electron chi connectivity index (χ0n) is 10.4. The summed E-state index contributed by atoms with van der Waals surface area (Å²) in [6.45, 7) is 2.10. The monoisotopic (exact) mass is 327 g/mol. The van der Waals surface area contributed by atoms with Gasteiger partial charge in [0.2, 0.25) is 0 Å². The van der Waals surface area contributed by atoms with Crippen molar-refractivity contribution < 1.29 is 0 Å². The summed E-state index contributed by atoms with van der Waals surface area (Å²) >= 11 is 9.56. The Kier molecular flexibility index (Phi) is 3.02. The first kappa shape index (κ1) is 12.3. The van der Waals surface area contributed by atoms with Gasteiger partial charge in [0.15, 0.2) is 0 Å². The average molecular weight is 329 g/mol. The number of hydrogen-bond acceptors (Lipinski definition) is 2. The van der Waals surface area contributed by atoms with Gasteiger partial charge in [0.1, 0.15) is 15.6 Å². The van der Waals surface area contributed by atoms with E-state index in [2.05, 4.69) is 50.8 Å². The van der Waals surface area contributed by atoms with Crippen LogP contribution in [0.4, 0.5) is 0 Å². The van der Waals surface area contributed by atoms with Crippen LogP contribution in [0.2, 0.25) is 0 Å². The number of halogens is 2. The SMILES string of the molecule is CC1NC(Cl)=CC=C1c1nc(Br)c(C2CC2)n1C. The van der Waals surface area contributed by atoms with E-state index in [1.165, 1.54) is 24.1 Å². The smallest absolute Gasteiger partial charge is 0.139 e. The van der Waals surface area contributed by atoms with Gasteiger partial charge in [0.25, 0.3) is 0 Å². The molecule has 1 fully saturated rings. The molecule has 2 aliphatic rings. The predicted molar refractivity (Wildman–Crippen MR) is 77.4 cm³/mol. The zero-order valence-corrected chi connectivity index (χ0v) is 12.7. The van der Waals surface area contributed by atoms with Crippen molar-refractivity contribution >= 4 is 33.1 Å². The van der Waals surface area contributed by atoms with Gasteiger partial charge < -0.3 is 9.88 Å². The second kappa shape index (κ2) is 4.42. The van der Waals surface area contributed by atoms with E-state index in [0.717, 1.165) is 10.4 Å². The molecule has 0 aromatic carbocycles. The van der Waals surface area contributed by atoms with Crippen LogP contribution in [0.5, 0.6) is 0 Å². The summed E-state index contributed by atoms with van der Waals surface area (Å²) in [7, 11) is 2.09. The number of imidazole rings is 1. The van der Waals surface area contributed by atoms with Crippen molar-refractivity contribution in [3.63, 3.8) is 0 Å². The summed E-state index contributed by atoms with van der Waals surface area (Å²) in [6, 6.07) is 0.183. The third-order valence-electron chi connectivity index (χ3n) is 3.55. The maximum absolute atomic E-state index is 5.97. The molecule has 1 N–H and O–H groups in total. The average Bonchev–Trinajstić information content (AvgIpc) is 3.07. The molecule has 18 heavy (non-hydrogen) atoms. The fourth-order valence-electron chi connectivity index (χ4n) is 2.44. The Bertz CT molecular complexity index is 555. The van der Waals surface area contributed by atoms with Gasteiger partial charge in [-0.25, -0.2) is 4.98 Å². The fourth-order valence-corrected chi connectivity index (χ4v) is 3.43. The number of nitrogens with zero attached hydrogens (tertiary/aromatic N) is 2. The van der Waals surface area contributed by atoms with Crippen molar-refractivity contribution in [1.29, 1.82) is 0 Å². The van der Waals surface area contributed by atoms with Crippen molar-refractivity contribution in [2.45, 2.75) is 31.7 Å². The van der Waals surface area contributed by atoms with Gasteiger partial charge in [-0.15, -0.1) is 0 Å². The lowest BCUT2D eigenvalue weighted by molar-refractivity contribution is 0.736. The van der Waals surface area contributed by atoms with Gasteiger partial charge in [-0.1, -0.05) is 17.7 Å². The number of allylic oxidation sites excluding steroid dienone is 2. The van der Waals surface area contributed by atoms with Crippen LogP contribution in [0.15, 0.2) is 21.9 Å². The second-order valence-corrected chi connectivity index (χ2v) is 6.11. The van der Waals surface area contributed by atoms with Crippen LogP contribution in [0, 0.1) is 0 Å². The summed E-state index contributed by atoms with van der Waals surface area (Å²) in [6.07, 6.45) is 6.48. The molecule has 96 valence electrons. The summed E-state index contributed by atoms with van der Waals surface area (Å²) in [5, 5.41) is 3.90. The molecule has 1 saturated carbocycles. The molecule has 1 atom stereocenters. The minimum atomic E-state index is 0.183. The number of nitrogens with one attached hydrogen (secondary N) is 1. The van der Waals surface area contributed by atoms with Gasteiger partial charge in [-0.2, -0.15) is 0 Å². The largest absolute Gasteiger partial charge is 0.369 e. The Balaban J connectivity index is 2.05. The van der Waals surface area contributed by atoms with E-state index in [-0.39, 0.29) is 6.04 Å². The lowest BCUT2D eigenvalue weighted by Crippen LogP contribution is -2.28. The standard InChI is InChI=1S/C13H15BrClN3/c1-7-9(5-6-10(15)16-7)13-17-12(14)11(18(13)2)8-3-4-8/h5-8,16H,3-4H2,1-2H3. The molecule has 0 radical (unpaired) electrons. The second-order valence-electron chi connectivity index (χ2n) is 4.95. The van der Waals surface area contributed by atoms with E-state index in [0.29, 0.717) is 11.1 Å². The number of hydrogen-bond donors (Lipinski definition) is 1. The number of dihydropyridines is 1. The summed E-state index contributed by atoms with van der Waals surface area (Å²) in [4.78, 5) is 4.67. The van der Waals surface area contributed by atoms with Crippen molar-refractivity contribution in [1.82, 2.24) is 14.9 Å². The lowest BCUT2D eigenvalue weighted by atomic mass is 10.1. The van der Waals surface area contributed by atoms with E-state index in [1.807, 2.05) is 6.08 Å². The summed E-state index contributed by atoms with van der Waals surface area (Å²) in [5.41, 5.74) is 2.49. The van der Waals surface area contributed by atoms with E-state index in [1.54, 1.807) is 0 Å². The topological polar surface area (TPSA) is 29.9 Å². The quantitative estimate of drug-likeness (QED) is 0.842. The van der Waals surface area contributed by atoms with Crippen molar-refractivity contribution in [2.24, 2.45) is 7.05 Å². The van der Waals surface area contributed by atoms with Gasteiger partial charge >= 0.3 is 0 Å². The highest BCUT2D eigenvalue weighted by atomic mass is 79.9. The van der Waals surface area contributed by atoms with Crippen LogP contribution >= 0.6 is 27.5 Å². The van der Waals surface area contributed by atoms with E-state index in [4.69, 9.17) is 11.6 Å². The first-order chi connectivity index (χ1) is 8.58. The molecule has 1 unspecified atom stereocenters. The third-order valence-corrected chi connectivity index (χ3v) is 4.37. The van der Waals surface area contributed by atoms with Gasteiger partial charge in [0.05, 0.1) is 11.7 Å². The van der Waals surface area contributed by atoms with Crippen LogP contribution in [-0.4, -0.2) is 15.6 Å². The van der Waals surface area contributed by atoms with Gasteiger partial charge in [-0.3, -0.25) is 0 Å². The maximum atomic E-state index is 5.97. The Morgan fingerprint density at radius 3 is 2.78 bits per heavy atom. The normalized spacial score (nSPS) is 23.4. The summed E-state index contributed by atoms with van der Waals surface area (Å²) < 4.78 is 3.19. The maximum Gasteiger partial charge on any atom is 0.139 e. The Labute approximate surface area is 120 Å². The van der Waals surface area contributed by atoms with E-state index in [9.17, 15) is 0 Å². The van der Waals surface area contributed by atoms with Crippen LogP contribution in [0.1, 0.15) is 37.2 Å². The van der Waals surface area contributed by atoms with Crippen molar-refractivity contribution in [2.75, 3.05) is 0 Å². The van der Waals surface area contributed by atoms with Crippen molar-refractivity contribution in [3.05, 3.63) is 33.4 Å². The molecule has 3 nitrogen and oxygen atoms in total. The Hall–Kier alpha value is -0.740.